The van der Waals surface area contributed by atoms with E-state index in [1.165, 1.54) is 18.2 Å². The van der Waals surface area contributed by atoms with Crippen molar-refractivity contribution in [2.45, 2.75) is 36.8 Å². The molecule has 0 radical (unpaired) electrons. The highest BCUT2D eigenvalue weighted by atomic mass is 35.7. The molecule has 5 nitrogen and oxygen atoms in total. The van der Waals surface area contributed by atoms with Gasteiger partial charge in [0.1, 0.15) is 0 Å². The van der Waals surface area contributed by atoms with Crippen LogP contribution in [0.25, 0.3) is 0 Å². The fourth-order valence-electron chi connectivity index (χ4n) is 2.21. The second-order valence-corrected chi connectivity index (χ2v) is 7.93. The van der Waals surface area contributed by atoms with Gasteiger partial charge in [0.15, 0.2) is 0 Å². The molecule has 1 fully saturated rings. The lowest BCUT2D eigenvalue weighted by Crippen LogP contribution is -2.40. The minimum atomic E-state index is -3.94. The summed E-state index contributed by atoms with van der Waals surface area (Å²) in [5.41, 5.74) is 0.145. The van der Waals surface area contributed by atoms with E-state index in [-0.39, 0.29) is 27.6 Å². The number of carbonyl (C=O) groups is 1. The van der Waals surface area contributed by atoms with Crippen molar-refractivity contribution in [3.05, 3.63) is 28.8 Å². The molecule has 0 aliphatic carbocycles. The zero-order valence-electron chi connectivity index (χ0n) is 11.3. The molecule has 1 amide bonds. The standard InChI is InChI=1S/C13H15Cl2NO4S/c1-8(12-3-2-4-20-12)16-13(17)9-5-10(14)7-11(6-9)21(15,18)19/h5-8,12H,2-4H2,1H3,(H,16,17). The van der Waals surface area contributed by atoms with Gasteiger partial charge >= 0.3 is 0 Å². The van der Waals surface area contributed by atoms with Crippen LogP contribution >= 0.6 is 22.3 Å². The highest BCUT2D eigenvalue weighted by molar-refractivity contribution is 8.13. The third kappa shape index (κ3) is 4.32. The highest BCUT2D eigenvalue weighted by Gasteiger charge is 2.24. The van der Waals surface area contributed by atoms with E-state index in [1.807, 2.05) is 6.92 Å². The van der Waals surface area contributed by atoms with E-state index in [2.05, 4.69) is 5.32 Å². The first-order valence-electron chi connectivity index (χ1n) is 6.45. The lowest BCUT2D eigenvalue weighted by Gasteiger charge is -2.20. The van der Waals surface area contributed by atoms with Crippen molar-refractivity contribution in [3.8, 4) is 0 Å². The number of hydrogen-bond donors (Lipinski definition) is 1. The van der Waals surface area contributed by atoms with Gasteiger partial charge in [0.05, 0.1) is 17.0 Å². The molecular formula is C13H15Cl2NO4S. The number of amides is 1. The van der Waals surface area contributed by atoms with Crippen LogP contribution in [0.5, 0.6) is 0 Å². The Balaban J connectivity index is 2.17. The van der Waals surface area contributed by atoms with Crippen molar-refractivity contribution in [1.29, 1.82) is 0 Å². The van der Waals surface area contributed by atoms with Crippen LogP contribution in [0.15, 0.2) is 23.1 Å². The maximum atomic E-state index is 12.2. The summed E-state index contributed by atoms with van der Waals surface area (Å²) < 4.78 is 28.2. The number of carbonyl (C=O) groups excluding carboxylic acids is 1. The second-order valence-electron chi connectivity index (χ2n) is 4.93. The van der Waals surface area contributed by atoms with Gasteiger partial charge < -0.3 is 10.1 Å². The van der Waals surface area contributed by atoms with Crippen molar-refractivity contribution in [3.63, 3.8) is 0 Å². The maximum Gasteiger partial charge on any atom is 0.261 e. The van der Waals surface area contributed by atoms with Crippen LogP contribution in [0.2, 0.25) is 5.02 Å². The van der Waals surface area contributed by atoms with E-state index in [0.29, 0.717) is 6.61 Å². The number of ether oxygens (including phenoxy) is 1. The predicted octanol–water partition coefficient (Wildman–Crippen LogP) is 2.56. The van der Waals surface area contributed by atoms with Crippen LogP contribution in [-0.4, -0.2) is 33.1 Å². The van der Waals surface area contributed by atoms with Gasteiger partial charge in [-0.2, -0.15) is 0 Å². The third-order valence-electron chi connectivity index (χ3n) is 3.30. The summed E-state index contributed by atoms with van der Waals surface area (Å²) in [5, 5.41) is 2.91. The van der Waals surface area contributed by atoms with Crippen LogP contribution in [0.4, 0.5) is 0 Å². The van der Waals surface area contributed by atoms with Crippen molar-refractivity contribution in [2.75, 3.05) is 6.61 Å². The molecule has 21 heavy (non-hydrogen) atoms. The summed E-state index contributed by atoms with van der Waals surface area (Å²) in [5.74, 6) is -0.415. The van der Waals surface area contributed by atoms with Crippen LogP contribution in [0.3, 0.4) is 0 Å². The van der Waals surface area contributed by atoms with Crippen molar-refractivity contribution in [1.82, 2.24) is 5.32 Å². The number of nitrogens with one attached hydrogen (secondary N) is 1. The lowest BCUT2D eigenvalue weighted by atomic mass is 10.1. The Morgan fingerprint density at radius 2 is 2.14 bits per heavy atom. The van der Waals surface area contributed by atoms with Crippen LogP contribution in [-0.2, 0) is 13.8 Å². The fourth-order valence-corrected chi connectivity index (χ4v) is 3.32. The summed E-state index contributed by atoms with van der Waals surface area (Å²) in [4.78, 5) is 12.0. The van der Waals surface area contributed by atoms with Gasteiger partial charge in [-0.05, 0) is 38.0 Å². The van der Waals surface area contributed by atoms with E-state index in [4.69, 9.17) is 27.0 Å². The van der Waals surface area contributed by atoms with E-state index in [0.717, 1.165) is 12.8 Å². The average Bonchev–Trinajstić information content (AvgIpc) is 2.90. The zero-order chi connectivity index (χ0) is 15.6. The third-order valence-corrected chi connectivity index (χ3v) is 4.85. The molecule has 0 spiro atoms. The molecule has 0 saturated carbocycles. The molecule has 1 heterocycles. The van der Waals surface area contributed by atoms with Gasteiger partial charge in [-0.15, -0.1) is 0 Å². The normalized spacial score (nSPS) is 20.2. The predicted molar refractivity (Wildman–Crippen MR) is 80.4 cm³/mol. The lowest BCUT2D eigenvalue weighted by molar-refractivity contribution is 0.0712. The summed E-state index contributed by atoms with van der Waals surface area (Å²) in [6.07, 6.45) is 1.83. The van der Waals surface area contributed by atoms with Crippen LogP contribution in [0, 0.1) is 0 Å². The molecule has 0 bridgehead atoms. The number of benzene rings is 1. The highest BCUT2D eigenvalue weighted by Crippen LogP contribution is 2.22. The van der Waals surface area contributed by atoms with Gasteiger partial charge in [-0.3, -0.25) is 4.79 Å². The zero-order valence-corrected chi connectivity index (χ0v) is 13.6. The van der Waals surface area contributed by atoms with Crippen LogP contribution < -0.4 is 5.32 Å². The molecule has 1 saturated heterocycles. The Hall–Kier alpha value is -0.820. The van der Waals surface area contributed by atoms with E-state index in [9.17, 15) is 13.2 Å². The smallest absolute Gasteiger partial charge is 0.261 e. The average molecular weight is 352 g/mol. The summed E-state index contributed by atoms with van der Waals surface area (Å²) in [7, 11) is 1.34. The minimum absolute atomic E-state index is 0.0237. The molecule has 1 aliphatic rings. The van der Waals surface area contributed by atoms with Gasteiger partial charge in [-0.1, -0.05) is 11.6 Å². The molecule has 1 aliphatic heterocycles. The molecular weight excluding hydrogens is 337 g/mol. The maximum absolute atomic E-state index is 12.2. The fraction of sp³-hybridized carbons (Fsp3) is 0.462. The summed E-state index contributed by atoms with van der Waals surface area (Å²) >= 11 is 5.84. The van der Waals surface area contributed by atoms with E-state index in [1.54, 1.807) is 0 Å². The Morgan fingerprint density at radius 1 is 1.43 bits per heavy atom. The topological polar surface area (TPSA) is 72.5 Å². The molecule has 1 aromatic carbocycles. The second kappa shape index (κ2) is 6.52. The summed E-state index contributed by atoms with van der Waals surface area (Å²) in [6, 6.07) is 3.62. The quantitative estimate of drug-likeness (QED) is 0.846. The Bertz CT molecular complexity index is 642. The van der Waals surface area contributed by atoms with E-state index >= 15 is 0 Å². The first kappa shape index (κ1) is 16.5. The molecule has 116 valence electrons. The SMILES string of the molecule is CC(NC(=O)c1cc(Cl)cc(S(=O)(=O)Cl)c1)C1CCCO1. The van der Waals surface area contributed by atoms with Crippen molar-refractivity contribution in [2.24, 2.45) is 0 Å². The van der Waals surface area contributed by atoms with Gasteiger partial charge in [-0.25, -0.2) is 8.42 Å². The minimum Gasteiger partial charge on any atom is -0.376 e. The van der Waals surface area contributed by atoms with Gasteiger partial charge in [0, 0.05) is 27.9 Å². The Morgan fingerprint density at radius 3 is 2.71 bits per heavy atom. The molecule has 8 heteroatoms. The largest absolute Gasteiger partial charge is 0.376 e. The molecule has 1 aromatic rings. The molecule has 2 unspecified atom stereocenters. The number of halogens is 2. The van der Waals surface area contributed by atoms with Gasteiger partial charge in [0.25, 0.3) is 15.0 Å². The first-order chi connectivity index (χ1) is 9.77. The monoisotopic (exact) mass is 351 g/mol. The Kier molecular flexibility index (Phi) is 5.14. The van der Waals surface area contributed by atoms with E-state index < -0.39 is 15.0 Å². The number of rotatable bonds is 4. The first-order valence-corrected chi connectivity index (χ1v) is 9.14. The Labute approximate surface area is 133 Å². The van der Waals surface area contributed by atoms with Crippen molar-refractivity contribution < 1.29 is 17.9 Å². The van der Waals surface area contributed by atoms with Crippen molar-refractivity contribution >= 4 is 37.2 Å². The summed E-state index contributed by atoms with van der Waals surface area (Å²) in [6.45, 7) is 2.54. The van der Waals surface area contributed by atoms with Crippen LogP contribution in [0.1, 0.15) is 30.1 Å². The number of hydrogen-bond acceptors (Lipinski definition) is 4. The van der Waals surface area contributed by atoms with Gasteiger partial charge in [0.2, 0.25) is 0 Å². The molecule has 2 rings (SSSR count). The molecule has 2 atom stereocenters. The molecule has 0 aromatic heterocycles. The molecule has 1 N–H and O–H groups in total.